The molecule has 0 radical (unpaired) electrons. The van der Waals surface area contributed by atoms with Crippen molar-refractivity contribution in [3.63, 3.8) is 0 Å². The van der Waals surface area contributed by atoms with Gasteiger partial charge in [0.05, 0.1) is 19.9 Å². The standard InChI is InChI=1S/C19H26N2O3/c1-13-9-17(24-21-13)10-14-5-4-6-18(14)20-12-15-7-8-16(22-2)11-19(15)23-3/h7-9,11,14,18,20H,4-6,10,12H2,1-3H3/t14-,18+/m0/s1. The van der Waals surface area contributed by atoms with Gasteiger partial charge in [-0.2, -0.15) is 0 Å². The summed E-state index contributed by atoms with van der Waals surface area (Å²) in [6.45, 7) is 2.76. The molecule has 1 aromatic heterocycles. The third kappa shape index (κ3) is 3.90. The molecule has 0 bridgehead atoms. The van der Waals surface area contributed by atoms with Crippen molar-refractivity contribution in [2.45, 2.75) is 45.2 Å². The van der Waals surface area contributed by atoms with Crippen LogP contribution in [0.3, 0.4) is 0 Å². The first-order valence-electron chi connectivity index (χ1n) is 8.56. The molecule has 0 spiro atoms. The average molecular weight is 330 g/mol. The molecule has 2 aromatic rings. The Morgan fingerprint density at radius 2 is 2.08 bits per heavy atom. The molecule has 1 aliphatic carbocycles. The topological polar surface area (TPSA) is 56.5 Å². The van der Waals surface area contributed by atoms with Crippen LogP contribution in [0.2, 0.25) is 0 Å². The Morgan fingerprint density at radius 3 is 2.79 bits per heavy atom. The van der Waals surface area contributed by atoms with Gasteiger partial charge in [0.1, 0.15) is 17.3 Å². The maximum Gasteiger partial charge on any atom is 0.137 e. The minimum Gasteiger partial charge on any atom is -0.497 e. The van der Waals surface area contributed by atoms with Crippen molar-refractivity contribution in [3.05, 3.63) is 41.3 Å². The van der Waals surface area contributed by atoms with Gasteiger partial charge < -0.3 is 19.3 Å². The van der Waals surface area contributed by atoms with E-state index in [9.17, 15) is 0 Å². The predicted molar refractivity (Wildman–Crippen MR) is 92.5 cm³/mol. The second-order valence-corrected chi connectivity index (χ2v) is 6.49. The van der Waals surface area contributed by atoms with Gasteiger partial charge in [-0.25, -0.2) is 0 Å². The third-order valence-corrected chi connectivity index (χ3v) is 4.85. The fraction of sp³-hybridized carbons (Fsp3) is 0.526. The normalized spacial score (nSPS) is 20.3. The van der Waals surface area contributed by atoms with E-state index in [1.165, 1.54) is 19.3 Å². The van der Waals surface area contributed by atoms with Gasteiger partial charge in [-0.05, 0) is 31.7 Å². The van der Waals surface area contributed by atoms with Crippen molar-refractivity contribution in [3.8, 4) is 11.5 Å². The molecule has 2 atom stereocenters. The molecule has 5 nitrogen and oxygen atoms in total. The molecule has 130 valence electrons. The number of rotatable bonds is 7. The highest BCUT2D eigenvalue weighted by Gasteiger charge is 2.28. The molecular formula is C19H26N2O3. The molecule has 1 heterocycles. The molecule has 0 amide bonds. The van der Waals surface area contributed by atoms with Gasteiger partial charge in [0.15, 0.2) is 0 Å². The number of aryl methyl sites for hydroxylation is 1. The summed E-state index contributed by atoms with van der Waals surface area (Å²) in [5.74, 6) is 3.27. The van der Waals surface area contributed by atoms with Crippen LogP contribution < -0.4 is 14.8 Å². The lowest BCUT2D eigenvalue weighted by Crippen LogP contribution is -2.33. The average Bonchev–Trinajstić information content (AvgIpc) is 3.22. The molecule has 1 saturated carbocycles. The quantitative estimate of drug-likeness (QED) is 0.842. The van der Waals surface area contributed by atoms with Crippen LogP contribution in [0.1, 0.15) is 36.3 Å². The summed E-state index contributed by atoms with van der Waals surface area (Å²) < 4.78 is 16.1. The zero-order valence-electron chi connectivity index (χ0n) is 14.7. The van der Waals surface area contributed by atoms with Crippen LogP contribution in [0.25, 0.3) is 0 Å². The van der Waals surface area contributed by atoms with Crippen molar-refractivity contribution in [1.82, 2.24) is 10.5 Å². The van der Waals surface area contributed by atoms with Gasteiger partial charge in [0, 0.05) is 36.7 Å². The number of benzene rings is 1. The van der Waals surface area contributed by atoms with E-state index in [1.54, 1.807) is 14.2 Å². The van der Waals surface area contributed by atoms with E-state index in [0.29, 0.717) is 12.0 Å². The monoisotopic (exact) mass is 330 g/mol. The maximum atomic E-state index is 5.49. The minimum absolute atomic E-state index is 0.502. The first-order valence-corrected chi connectivity index (χ1v) is 8.56. The van der Waals surface area contributed by atoms with E-state index in [1.807, 2.05) is 25.1 Å². The molecule has 1 aliphatic rings. The molecule has 1 fully saturated rings. The second-order valence-electron chi connectivity index (χ2n) is 6.49. The molecule has 5 heteroatoms. The predicted octanol–water partition coefficient (Wildman–Crippen LogP) is 3.50. The van der Waals surface area contributed by atoms with E-state index in [4.69, 9.17) is 14.0 Å². The third-order valence-electron chi connectivity index (χ3n) is 4.85. The highest BCUT2D eigenvalue weighted by atomic mass is 16.5. The van der Waals surface area contributed by atoms with Crippen LogP contribution in [-0.4, -0.2) is 25.4 Å². The molecule has 24 heavy (non-hydrogen) atoms. The molecule has 0 saturated heterocycles. The summed E-state index contributed by atoms with van der Waals surface area (Å²) in [6, 6.07) is 8.52. The van der Waals surface area contributed by atoms with Crippen LogP contribution in [-0.2, 0) is 13.0 Å². The highest BCUT2D eigenvalue weighted by molar-refractivity contribution is 5.40. The largest absolute Gasteiger partial charge is 0.497 e. The van der Waals surface area contributed by atoms with E-state index >= 15 is 0 Å². The molecule has 3 rings (SSSR count). The van der Waals surface area contributed by atoms with Crippen molar-refractivity contribution in [2.24, 2.45) is 5.92 Å². The van der Waals surface area contributed by atoms with E-state index < -0.39 is 0 Å². The number of aromatic nitrogens is 1. The van der Waals surface area contributed by atoms with Gasteiger partial charge in [-0.15, -0.1) is 0 Å². The summed E-state index contributed by atoms with van der Waals surface area (Å²) in [5, 5.41) is 7.70. The number of hydrogen-bond donors (Lipinski definition) is 1. The van der Waals surface area contributed by atoms with Crippen LogP contribution in [0, 0.1) is 12.8 Å². The lowest BCUT2D eigenvalue weighted by atomic mass is 9.97. The zero-order valence-corrected chi connectivity index (χ0v) is 14.7. The Kier molecular flexibility index (Phi) is 5.41. The lowest BCUT2D eigenvalue weighted by molar-refractivity contribution is 0.327. The molecule has 1 N–H and O–H groups in total. The van der Waals surface area contributed by atoms with Crippen LogP contribution in [0.15, 0.2) is 28.8 Å². The Morgan fingerprint density at radius 1 is 1.21 bits per heavy atom. The van der Waals surface area contributed by atoms with Crippen molar-refractivity contribution in [2.75, 3.05) is 14.2 Å². The Bertz CT molecular complexity index is 668. The number of ether oxygens (including phenoxy) is 2. The van der Waals surface area contributed by atoms with Crippen molar-refractivity contribution in [1.29, 1.82) is 0 Å². The van der Waals surface area contributed by atoms with Crippen LogP contribution in [0.4, 0.5) is 0 Å². The first kappa shape index (κ1) is 16.8. The summed E-state index contributed by atoms with van der Waals surface area (Å²) in [7, 11) is 3.36. The summed E-state index contributed by atoms with van der Waals surface area (Å²) in [4.78, 5) is 0. The van der Waals surface area contributed by atoms with Crippen LogP contribution >= 0.6 is 0 Å². The van der Waals surface area contributed by atoms with E-state index in [2.05, 4.69) is 16.5 Å². The van der Waals surface area contributed by atoms with E-state index in [0.717, 1.165) is 41.5 Å². The van der Waals surface area contributed by atoms with Gasteiger partial charge in [-0.1, -0.05) is 17.6 Å². The highest BCUT2D eigenvalue weighted by Crippen LogP contribution is 2.30. The maximum absolute atomic E-state index is 5.49. The number of nitrogens with one attached hydrogen (secondary N) is 1. The van der Waals surface area contributed by atoms with Crippen LogP contribution in [0.5, 0.6) is 11.5 Å². The SMILES string of the molecule is COc1ccc(CN[C@@H]2CCC[C@H]2Cc2cc(C)no2)c(OC)c1. The van der Waals surface area contributed by atoms with Gasteiger partial charge in [-0.3, -0.25) is 0 Å². The Labute approximate surface area is 143 Å². The summed E-state index contributed by atoms with van der Waals surface area (Å²) in [6.07, 6.45) is 4.65. The fourth-order valence-electron chi connectivity index (χ4n) is 3.56. The second kappa shape index (κ2) is 7.71. The number of nitrogens with zero attached hydrogens (tertiary/aromatic N) is 1. The van der Waals surface area contributed by atoms with Crippen molar-refractivity contribution < 1.29 is 14.0 Å². The Hall–Kier alpha value is -2.01. The fourth-order valence-corrected chi connectivity index (χ4v) is 3.56. The smallest absolute Gasteiger partial charge is 0.137 e. The molecular weight excluding hydrogens is 304 g/mol. The van der Waals surface area contributed by atoms with Gasteiger partial charge in [0.2, 0.25) is 0 Å². The number of hydrogen-bond acceptors (Lipinski definition) is 5. The van der Waals surface area contributed by atoms with Gasteiger partial charge >= 0.3 is 0 Å². The lowest BCUT2D eigenvalue weighted by Gasteiger charge is -2.21. The van der Waals surface area contributed by atoms with Crippen molar-refractivity contribution >= 4 is 0 Å². The van der Waals surface area contributed by atoms with Gasteiger partial charge in [0.25, 0.3) is 0 Å². The Balaban J connectivity index is 1.61. The minimum atomic E-state index is 0.502. The molecule has 0 aliphatic heterocycles. The summed E-state index contributed by atoms with van der Waals surface area (Å²) >= 11 is 0. The zero-order chi connectivity index (χ0) is 16.9. The van der Waals surface area contributed by atoms with E-state index in [-0.39, 0.29) is 0 Å². The molecule has 1 aromatic carbocycles. The molecule has 0 unspecified atom stereocenters. The number of methoxy groups -OCH3 is 2. The first-order chi connectivity index (χ1) is 11.7. The summed E-state index contributed by atoms with van der Waals surface area (Å²) in [5.41, 5.74) is 2.11.